The summed E-state index contributed by atoms with van der Waals surface area (Å²) in [5.41, 5.74) is 2.58. The van der Waals surface area contributed by atoms with Gasteiger partial charge in [0, 0.05) is 16.7 Å². The molecule has 1 saturated heterocycles. The fraction of sp³-hybridized carbons (Fsp3) is 0.115. The monoisotopic (exact) mass is 476 g/mol. The molecule has 3 aromatic carbocycles. The van der Waals surface area contributed by atoms with Crippen molar-refractivity contribution in [3.8, 4) is 11.5 Å². The Morgan fingerprint density at radius 1 is 1.00 bits per heavy atom. The van der Waals surface area contributed by atoms with E-state index in [2.05, 4.69) is 5.32 Å². The van der Waals surface area contributed by atoms with Crippen LogP contribution in [0.15, 0.2) is 72.3 Å². The van der Waals surface area contributed by atoms with Crippen molar-refractivity contribution in [1.29, 1.82) is 0 Å². The molecule has 4 rings (SSSR count). The van der Waals surface area contributed by atoms with Crippen LogP contribution in [-0.2, 0) is 16.2 Å². The number of rotatable bonds is 6. The van der Waals surface area contributed by atoms with Crippen LogP contribution >= 0.6 is 11.6 Å². The second-order valence-electron chi connectivity index (χ2n) is 7.62. The number of amides is 4. The van der Waals surface area contributed by atoms with Gasteiger partial charge in [0.25, 0.3) is 11.8 Å². The third-order valence-electron chi connectivity index (χ3n) is 5.17. The number of methoxy groups -OCH3 is 1. The molecular weight excluding hydrogens is 456 g/mol. The standard InChI is InChI=1S/C26H21ClN2O5/c1-16-5-3-6-17(11-16)15-34-23-14-21(33-2)10-9-18(23)12-22-24(30)28-26(32)29(25(22)31)20-8-4-7-19(27)13-20/h3-14H,15H2,1-2H3,(H,28,30,32)/b22-12+. The number of barbiturate groups is 1. The Bertz CT molecular complexity index is 1320. The zero-order valence-corrected chi connectivity index (χ0v) is 19.3. The van der Waals surface area contributed by atoms with Gasteiger partial charge in [-0.05, 0) is 48.9 Å². The molecule has 1 fully saturated rings. The third-order valence-corrected chi connectivity index (χ3v) is 5.40. The van der Waals surface area contributed by atoms with Gasteiger partial charge < -0.3 is 9.47 Å². The van der Waals surface area contributed by atoms with Crippen molar-refractivity contribution in [2.45, 2.75) is 13.5 Å². The zero-order valence-electron chi connectivity index (χ0n) is 18.5. The van der Waals surface area contributed by atoms with Gasteiger partial charge in [-0.15, -0.1) is 0 Å². The van der Waals surface area contributed by atoms with Gasteiger partial charge in [-0.25, -0.2) is 9.69 Å². The van der Waals surface area contributed by atoms with Crippen molar-refractivity contribution < 1.29 is 23.9 Å². The lowest BCUT2D eigenvalue weighted by Crippen LogP contribution is -2.54. The molecule has 0 bridgehead atoms. The smallest absolute Gasteiger partial charge is 0.335 e. The number of hydrogen-bond acceptors (Lipinski definition) is 5. The Morgan fingerprint density at radius 3 is 2.53 bits per heavy atom. The predicted molar refractivity (Wildman–Crippen MR) is 129 cm³/mol. The average molecular weight is 477 g/mol. The first kappa shape index (κ1) is 23.1. The molecule has 1 N–H and O–H groups in total. The third kappa shape index (κ3) is 4.94. The first-order valence-electron chi connectivity index (χ1n) is 10.4. The minimum atomic E-state index is -0.847. The van der Waals surface area contributed by atoms with E-state index in [1.165, 1.54) is 19.3 Å². The molecule has 34 heavy (non-hydrogen) atoms. The van der Waals surface area contributed by atoms with E-state index in [1.54, 1.807) is 36.4 Å². The van der Waals surface area contributed by atoms with Gasteiger partial charge in [-0.1, -0.05) is 47.5 Å². The summed E-state index contributed by atoms with van der Waals surface area (Å²) < 4.78 is 11.3. The minimum absolute atomic E-state index is 0.217. The molecule has 1 aliphatic heterocycles. The molecule has 1 aliphatic rings. The van der Waals surface area contributed by atoms with Crippen LogP contribution in [0.4, 0.5) is 10.5 Å². The summed E-state index contributed by atoms with van der Waals surface area (Å²) in [6.07, 6.45) is 1.40. The van der Waals surface area contributed by atoms with Crippen LogP contribution in [0.25, 0.3) is 6.08 Å². The lowest BCUT2D eigenvalue weighted by Gasteiger charge is -2.26. The van der Waals surface area contributed by atoms with Crippen LogP contribution in [0.2, 0.25) is 5.02 Å². The zero-order chi connectivity index (χ0) is 24.2. The molecule has 0 aliphatic carbocycles. The van der Waals surface area contributed by atoms with E-state index < -0.39 is 17.8 Å². The number of ether oxygens (including phenoxy) is 2. The summed E-state index contributed by atoms with van der Waals surface area (Å²) >= 11 is 6.02. The number of carbonyl (C=O) groups is 3. The molecule has 0 saturated carbocycles. The summed E-state index contributed by atoms with van der Waals surface area (Å²) in [5, 5.41) is 2.55. The number of hydrogen-bond donors (Lipinski definition) is 1. The first-order valence-corrected chi connectivity index (χ1v) is 10.8. The topological polar surface area (TPSA) is 84.9 Å². The Kier molecular flexibility index (Phi) is 6.65. The van der Waals surface area contributed by atoms with Crippen LogP contribution in [0, 0.1) is 6.92 Å². The average Bonchev–Trinajstić information content (AvgIpc) is 2.81. The van der Waals surface area contributed by atoms with Crippen molar-refractivity contribution in [2.24, 2.45) is 0 Å². The van der Waals surface area contributed by atoms with E-state index in [0.717, 1.165) is 16.0 Å². The normalized spacial score (nSPS) is 14.9. The van der Waals surface area contributed by atoms with Gasteiger partial charge in [0.15, 0.2) is 0 Å². The molecule has 0 aromatic heterocycles. The summed E-state index contributed by atoms with van der Waals surface area (Å²) in [7, 11) is 1.53. The number of urea groups is 1. The van der Waals surface area contributed by atoms with Gasteiger partial charge in [-0.3, -0.25) is 14.9 Å². The highest BCUT2D eigenvalue weighted by molar-refractivity contribution is 6.39. The Balaban J connectivity index is 1.69. The number of aryl methyl sites for hydroxylation is 1. The summed E-state index contributed by atoms with van der Waals surface area (Å²) in [4.78, 5) is 39.1. The maximum absolute atomic E-state index is 13.2. The molecule has 1 heterocycles. The predicted octanol–water partition coefficient (Wildman–Crippen LogP) is 4.90. The summed E-state index contributed by atoms with van der Waals surface area (Å²) in [6, 6.07) is 18.3. The van der Waals surface area contributed by atoms with Crippen LogP contribution in [0.3, 0.4) is 0 Å². The molecule has 0 unspecified atom stereocenters. The first-order chi connectivity index (χ1) is 16.4. The lowest BCUT2D eigenvalue weighted by atomic mass is 10.1. The Labute approximate surface area is 201 Å². The highest BCUT2D eigenvalue weighted by atomic mass is 35.5. The van der Waals surface area contributed by atoms with E-state index in [4.69, 9.17) is 21.1 Å². The largest absolute Gasteiger partial charge is 0.497 e. The Morgan fingerprint density at radius 2 is 1.79 bits per heavy atom. The van der Waals surface area contributed by atoms with E-state index >= 15 is 0 Å². The summed E-state index contributed by atoms with van der Waals surface area (Å²) in [6.45, 7) is 2.27. The molecular formula is C26H21ClN2O5. The molecule has 7 nitrogen and oxygen atoms in total. The van der Waals surface area contributed by atoms with Crippen molar-refractivity contribution in [3.05, 3.63) is 94.0 Å². The molecule has 4 amide bonds. The van der Waals surface area contributed by atoms with Gasteiger partial charge in [0.1, 0.15) is 23.7 Å². The summed E-state index contributed by atoms with van der Waals surface area (Å²) in [5.74, 6) is -0.595. The van der Waals surface area contributed by atoms with Crippen molar-refractivity contribution in [2.75, 3.05) is 12.0 Å². The Hall–Kier alpha value is -4.10. The molecule has 0 atom stereocenters. The van der Waals surface area contributed by atoms with Crippen LogP contribution in [0.5, 0.6) is 11.5 Å². The van der Waals surface area contributed by atoms with Crippen LogP contribution in [0.1, 0.15) is 16.7 Å². The molecule has 8 heteroatoms. The SMILES string of the molecule is COc1ccc(/C=C2\C(=O)NC(=O)N(c3cccc(Cl)c3)C2=O)c(OCc2cccc(C)c2)c1. The maximum atomic E-state index is 13.2. The van der Waals surface area contributed by atoms with Crippen molar-refractivity contribution in [1.82, 2.24) is 5.32 Å². The molecule has 0 spiro atoms. The van der Waals surface area contributed by atoms with E-state index in [-0.39, 0.29) is 17.9 Å². The van der Waals surface area contributed by atoms with Gasteiger partial charge in [-0.2, -0.15) is 0 Å². The van der Waals surface area contributed by atoms with E-state index in [0.29, 0.717) is 22.1 Å². The number of anilines is 1. The van der Waals surface area contributed by atoms with E-state index in [9.17, 15) is 14.4 Å². The molecule has 0 radical (unpaired) electrons. The molecule has 3 aromatic rings. The van der Waals surface area contributed by atoms with Gasteiger partial charge in [0.2, 0.25) is 0 Å². The van der Waals surface area contributed by atoms with Gasteiger partial charge >= 0.3 is 6.03 Å². The van der Waals surface area contributed by atoms with Crippen molar-refractivity contribution >= 4 is 41.2 Å². The second kappa shape index (κ2) is 9.80. The number of nitrogens with one attached hydrogen (secondary N) is 1. The van der Waals surface area contributed by atoms with Crippen LogP contribution in [-0.4, -0.2) is 25.0 Å². The fourth-order valence-electron chi connectivity index (χ4n) is 3.51. The minimum Gasteiger partial charge on any atom is -0.497 e. The number of benzene rings is 3. The number of carbonyl (C=O) groups excluding carboxylic acids is 3. The second-order valence-corrected chi connectivity index (χ2v) is 8.06. The highest BCUT2D eigenvalue weighted by Crippen LogP contribution is 2.30. The quantitative estimate of drug-likeness (QED) is 0.404. The number of nitrogens with zero attached hydrogens (tertiary/aromatic N) is 1. The number of imide groups is 2. The molecule has 172 valence electrons. The fourth-order valence-corrected chi connectivity index (χ4v) is 3.70. The van der Waals surface area contributed by atoms with E-state index in [1.807, 2.05) is 31.2 Å². The number of halogens is 1. The van der Waals surface area contributed by atoms with Gasteiger partial charge in [0.05, 0.1) is 12.8 Å². The van der Waals surface area contributed by atoms with Crippen molar-refractivity contribution in [3.63, 3.8) is 0 Å². The highest BCUT2D eigenvalue weighted by Gasteiger charge is 2.37. The maximum Gasteiger partial charge on any atom is 0.335 e. The lowest BCUT2D eigenvalue weighted by molar-refractivity contribution is -0.122. The van der Waals surface area contributed by atoms with Crippen LogP contribution < -0.4 is 19.7 Å².